The van der Waals surface area contributed by atoms with Crippen molar-refractivity contribution in [3.8, 4) is 0 Å². The summed E-state index contributed by atoms with van der Waals surface area (Å²) in [7, 11) is 0. The molecule has 0 aliphatic carbocycles. The number of pyridine rings is 1. The topological polar surface area (TPSA) is 97.4 Å². The van der Waals surface area contributed by atoms with Gasteiger partial charge in [-0.1, -0.05) is 0 Å². The van der Waals surface area contributed by atoms with Crippen molar-refractivity contribution in [2.24, 2.45) is 0 Å². The lowest BCUT2D eigenvalue weighted by molar-refractivity contribution is -0.128. The van der Waals surface area contributed by atoms with Crippen molar-refractivity contribution in [2.45, 2.75) is 30.7 Å². The van der Waals surface area contributed by atoms with Crippen LogP contribution >= 0.6 is 11.8 Å². The van der Waals surface area contributed by atoms with Gasteiger partial charge in [0.05, 0.1) is 12.1 Å². The number of carbonyl (C=O) groups excluding carboxylic acids is 3. The third kappa shape index (κ3) is 7.36. The standard InChI is InChI=1S/C14H17F2N3O4S/c1-8(2)19-10(20)6-18-11(21)7-23-13(22)9-4-3-5-17-12(9)24-14(15)16/h3-5,8,14H,6-7H2,1-2H3,(H,18,21)(H,19,20). The molecule has 0 aliphatic heterocycles. The van der Waals surface area contributed by atoms with Gasteiger partial charge in [0.2, 0.25) is 5.91 Å². The molecule has 0 aromatic carbocycles. The minimum Gasteiger partial charge on any atom is -0.452 e. The zero-order chi connectivity index (χ0) is 18.1. The molecule has 0 aliphatic rings. The van der Waals surface area contributed by atoms with Crippen LogP contribution in [0.25, 0.3) is 0 Å². The average molecular weight is 361 g/mol. The van der Waals surface area contributed by atoms with Gasteiger partial charge in [-0.2, -0.15) is 8.78 Å². The van der Waals surface area contributed by atoms with Gasteiger partial charge in [-0.15, -0.1) is 0 Å². The molecule has 2 N–H and O–H groups in total. The van der Waals surface area contributed by atoms with Crippen molar-refractivity contribution in [3.63, 3.8) is 0 Å². The summed E-state index contributed by atoms with van der Waals surface area (Å²) in [6.45, 7) is 2.64. The Kier molecular flexibility index (Phi) is 8.10. The third-order valence-electron chi connectivity index (χ3n) is 2.42. The van der Waals surface area contributed by atoms with Crippen LogP contribution in [-0.4, -0.2) is 47.7 Å². The maximum atomic E-state index is 12.4. The summed E-state index contributed by atoms with van der Waals surface area (Å²) in [6, 6.07) is 2.60. The second kappa shape index (κ2) is 9.81. The van der Waals surface area contributed by atoms with Crippen LogP contribution in [0, 0.1) is 0 Å². The molecule has 0 fully saturated rings. The van der Waals surface area contributed by atoms with E-state index in [0.29, 0.717) is 0 Å². The summed E-state index contributed by atoms with van der Waals surface area (Å²) >= 11 is 0.109. The minimum atomic E-state index is -2.74. The number of hydrogen-bond donors (Lipinski definition) is 2. The second-order valence-electron chi connectivity index (χ2n) is 4.81. The molecule has 2 amide bonds. The molecule has 0 radical (unpaired) electrons. The van der Waals surface area contributed by atoms with E-state index in [4.69, 9.17) is 4.74 Å². The Morgan fingerprint density at radius 3 is 2.62 bits per heavy atom. The molecule has 0 saturated carbocycles. The molecular formula is C14H17F2N3O4S. The molecular weight excluding hydrogens is 344 g/mol. The number of halogens is 2. The fourth-order valence-corrected chi connectivity index (χ4v) is 2.11. The lowest BCUT2D eigenvalue weighted by atomic mass is 10.3. The van der Waals surface area contributed by atoms with Gasteiger partial charge in [0.15, 0.2) is 6.61 Å². The first-order chi connectivity index (χ1) is 11.3. The smallest absolute Gasteiger partial charge is 0.341 e. The Labute approximate surface area is 141 Å². The van der Waals surface area contributed by atoms with Gasteiger partial charge in [-0.05, 0) is 37.7 Å². The van der Waals surface area contributed by atoms with Crippen molar-refractivity contribution in [1.82, 2.24) is 15.6 Å². The van der Waals surface area contributed by atoms with Crippen LogP contribution in [0.5, 0.6) is 0 Å². The highest BCUT2D eigenvalue weighted by Crippen LogP contribution is 2.26. The van der Waals surface area contributed by atoms with Crippen molar-refractivity contribution < 1.29 is 27.9 Å². The van der Waals surface area contributed by atoms with Crippen LogP contribution in [0.4, 0.5) is 8.78 Å². The van der Waals surface area contributed by atoms with E-state index in [2.05, 4.69) is 15.6 Å². The minimum absolute atomic E-state index is 0.0661. The maximum Gasteiger partial charge on any atom is 0.341 e. The number of alkyl halides is 2. The Hall–Kier alpha value is -2.23. The first-order valence-corrected chi connectivity index (χ1v) is 7.80. The van der Waals surface area contributed by atoms with E-state index in [1.165, 1.54) is 18.3 Å². The highest BCUT2D eigenvalue weighted by molar-refractivity contribution is 7.99. The van der Waals surface area contributed by atoms with E-state index in [9.17, 15) is 23.2 Å². The SMILES string of the molecule is CC(C)NC(=O)CNC(=O)COC(=O)c1cccnc1SC(F)F. The van der Waals surface area contributed by atoms with E-state index in [1.807, 2.05) is 0 Å². The van der Waals surface area contributed by atoms with Crippen LogP contribution in [-0.2, 0) is 14.3 Å². The Morgan fingerprint density at radius 1 is 1.29 bits per heavy atom. The predicted octanol–water partition coefficient (Wildman–Crippen LogP) is 1.19. The fourth-order valence-electron chi connectivity index (χ4n) is 1.54. The number of carbonyl (C=O) groups is 3. The highest BCUT2D eigenvalue weighted by atomic mass is 32.2. The van der Waals surface area contributed by atoms with Gasteiger partial charge in [-0.3, -0.25) is 9.59 Å². The van der Waals surface area contributed by atoms with E-state index < -0.39 is 24.2 Å². The second-order valence-corrected chi connectivity index (χ2v) is 5.79. The van der Waals surface area contributed by atoms with Crippen LogP contribution < -0.4 is 10.6 Å². The van der Waals surface area contributed by atoms with Gasteiger partial charge < -0.3 is 15.4 Å². The fraction of sp³-hybridized carbons (Fsp3) is 0.429. The van der Waals surface area contributed by atoms with E-state index in [-0.39, 0.29) is 40.8 Å². The van der Waals surface area contributed by atoms with Crippen molar-refractivity contribution in [3.05, 3.63) is 23.9 Å². The number of rotatable bonds is 8. The predicted molar refractivity (Wildman–Crippen MR) is 82.7 cm³/mol. The van der Waals surface area contributed by atoms with Gasteiger partial charge in [0.25, 0.3) is 11.7 Å². The molecule has 0 bridgehead atoms. The monoisotopic (exact) mass is 361 g/mol. The quantitative estimate of drug-likeness (QED) is 0.533. The number of nitrogens with zero attached hydrogens (tertiary/aromatic N) is 1. The van der Waals surface area contributed by atoms with Gasteiger partial charge in [0, 0.05) is 12.2 Å². The van der Waals surface area contributed by atoms with Crippen LogP contribution in [0.15, 0.2) is 23.4 Å². The van der Waals surface area contributed by atoms with Crippen LogP contribution in [0.3, 0.4) is 0 Å². The highest BCUT2D eigenvalue weighted by Gasteiger charge is 2.18. The third-order valence-corrected chi connectivity index (χ3v) is 3.15. The number of ether oxygens (including phenoxy) is 1. The van der Waals surface area contributed by atoms with Crippen molar-refractivity contribution in [2.75, 3.05) is 13.2 Å². The van der Waals surface area contributed by atoms with Gasteiger partial charge >= 0.3 is 5.97 Å². The molecule has 1 heterocycles. The van der Waals surface area contributed by atoms with Crippen molar-refractivity contribution in [1.29, 1.82) is 0 Å². The van der Waals surface area contributed by atoms with E-state index in [0.717, 1.165) is 0 Å². The number of aromatic nitrogens is 1. The van der Waals surface area contributed by atoms with E-state index in [1.54, 1.807) is 13.8 Å². The summed E-state index contributed by atoms with van der Waals surface area (Å²) in [6.07, 6.45) is 1.27. The molecule has 0 saturated heterocycles. The molecule has 0 spiro atoms. The number of thioether (sulfide) groups is 1. The largest absolute Gasteiger partial charge is 0.452 e. The average Bonchev–Trinajstić information content (AvgIpc) is 2.50. The number of hydrogen-bond acceptors (Lipinski definition) is 6. The summed E-state index contributed by atoms with van der Waals surface area (Å²) < 4.78 is 29.6. The summed E-state index contributed by atoms with van der Waals surface area (Å²) in [4.78, 5) is 38.4. The molecule has 0 unspecified atom stereocenters. The summed E-state index contributed by atoms with van der Waals surface area (Å²) in [5.41, 5.74) is -0.159. The molecule has 10 heteroatoms. The Morgan fingerprint density at radius 2 is 2.00 bits per heavy atom. The molecule has 7 nitrogen and oxygen atoms in total. The summed E-state index contributed by atoms with van der Waals surface area (Å²) in [5.74, 6) is -4.76. The van der Waals surface area contributed by atoms with Gasteiger partial charge in [-0.25, -0.2) is 9.78 Å². The molecule has 132 valence electrons. The first kappa shape index (κ1) is 19.8. The van der Waals surface area contributed by atoms with Crippen LogP contribution in [0.1, 0.15) is 24.2 Å². The Bertz CT molecular complexity index is 599. The number of esters is 1. The summed E-state index contributed by atoms with van der Waals surface area (Å²) in [5, 5.41) is 4.66. The van der Waals surface area contributed by atoms with Crippen LogP contribution in [0.2, 0.25) is 0 Å². The van der Waals surface area contributed by atoms with Gasteiger partial charge in [0.1, 0.15) is 5.03 Å². The number of amides is 2. The molecule has 1 aromatic heterocycles. The normalized spacial score (nSPS) is 10.6. The van der Waals surface area contributed by atoms with Crippen molar-refractivity contribution >= 4 is 29.5 Å². The zero-order valence-electron chi connectivity index (χ0n) is 13.0. The lowest BCUT2D eigenvalue weighted by Gasteiger charge is -2.10. The lowest BCUT2D eigenvalue weighted by Crippen LogP contribution is -2.41. The molecule has 1 rings (SSSR count). The molecule has 24 heavy (non-hydrogen) atoms. The first-order valence-electron chi connectivity index (χ1n) is 6.92. The number of nitrogens with one attached hydrogen (secondary N) is 2. The molecule has 0 atom stereocenters. The molecule has 1 aromatic rings. The Balaban J connectivity index is 2.49. The van der Waals surface area contributed by atoms with E-state index >= 15 is 0 Å². The maximum absolute atomic E-state index is 12.4. The zero-order valence-corrected chi connectivity index (χ0v) is 13.9.